The predicted molar refractivity (Wildman–Crippen MR) is 144 cm³/mol. The van der Waals surface area contributed by atoms with Gasteiger partial charge in [0, 0.05) is 36.9 Å². The van der Waals surface area contributed by atoms with Crippen LogP contribution >= 0.6 is 12.2 Å². The molecule has 35 heavy (non-hydrogen) atoms. The van der Waals surface area contributed by atoms with Crippen LogP contribution in [0, 0.1) is 19.3 Å². The molecule has 7 nitrogen and oxygen atoms in total. The van der Waals surface area contributed by atoms with Crippen molar-refractivity contribution in [3.63, 3.8) is 0 Å². The van der Waals surface area contributed by atoms with Gasteiger partial charge in [-0.25, -0.2) is 0 Å². The SMILES string of the molecule is COCCCNC(=O)c1cccc(NC(=S)NC(=O)C(C)(C)CCCOc2cc(C)ccc2C)c1. The van der Waals surface area contributed by atoms with Gasteiger partial charge in [-0.05, 0) is 80.7 Å². The highest BCUT2D eigenvalue weighted by Gasteiger charge is 2.28. The van der Waals surface area contributed by atoms with Gasteiger partial charge in [0.2, 0.25) is 5.91 Å². The van der Waals surface area contributed by atoms with Gasteiger partial charge >= 0.3 is 0 Å². The average molecular weight is 500 g/mol. The van der Waals surface area contributed by atoms with Crippen molar-refractivity contribution in [1.29, 1.82) is 0 Å². The zero-order chi connectivity index (χ0) is 25.8. The van der Waals surface area contributed by atoms with Crippen molar-refractivity contribution in [2.24, 2.45) is 5.41 Å². The third-order valence-electron chi connectivity index (χ3n) is 5.58. The lowest BCUT2D eigenvalue weighted by Crippen LogP contribution is -2.42. The maximum atomic E-state index is 12.8. The molecule has 0 bridgehead atoms. The second kappa shape index (κ2) is 13.8. The number of hydrogen-bond donors (Lipinski definition) is 3. The van der Waals surface area contributed by atoms with E-state index in [0.717, 1.165) is 29.7 Å². The molecule has 8 heteroatoms. The molecule has 0 aromatic heterocycles. The summed E-state index contributed by atoms with van der Waals surface area (Å²) in [6.45, 7) is 9.48. The summed E-state index contributed by atoms with van der Waals surface area (Å²) in [5.41, 5.74) is 2.75. The van der Waals surface area contributed by atoms with Gasteiger partial charge in [-0.2, -0.15) is 0 Å². The van der Waals surface area contributed by atoms with E-state index in [9.17, 15) is 9.59 Å². The van der Waals surface area contributed by atoms with Crippen molar-refractivity contribution in [3.05, 3.63) is 59.2 Å². The number of hydrogen-bond acceptors (Lipinski definition) is 5. The highest BCUT2D eigenvalue weighted by molar-refractivity contribution is 7.80. The summed E-state index contributed by atoms with van der Waals surface area (Å²) in [6, 6.07) is 13.1. The molecule has 2 amide bonds. The zero-order valence-corrected chi connectivity index (χ0v) is 22.1. The number of nitrogens with one attached hydrogen (secondary N) is 3. The van der Waals surface area contributed by atoms with Crippen LogP contribution in [0.5, 0.6) is 5.75 Å². The molecular formula is C27H37N3O4S. The molecule has 2 rings (SSSR count). The summed E-state index contributed by atoms with van der Waals surface area (Å²) in [5, 5.41) is 8.79. The molecular weight excluding hydrogens is 462 g/mol. The number of amides is 2. The first kappa shape index (κ1) is 28.3. The molecule has 2 aromatic rings. The van der Waals surface area contributed by atoms with E-state index in [0.29, 0.717) is 37.4 Å². The molecule has 0 atom stereocenters. The highest BCUT2D eigenvalue weighted by atomic mass is 32.1. The lowest BCUT2D eigenvalue weighted by atomic mass is 9.87. The van der Waals surface area contributed by atoms with E-state index >= 15 is 0 Å². The fourth-order valence-corrected chi connectivity index (χ4v) is 3.58. The van der Waals surface area contributed by atoms with Crippen molar-refractivity contribution in [2.75, 3.05) is 32.2 Å². The van der Waals surface area contributed by atoms with E-state index in [-0.39, 0.29) is 16.9 Å². The first-order valence-corrected chi connectivity index (χ1v) is 12.2. The van der Waals surface area contributed by atoms with Crippen LogP contribution in [0.1, 0.15) is 54.6 Å². The molecule has 0 radical (unpaired) electrons. The van der Waals surface area contributed by atoms with Gasteiger partial charge < -0.3 is 25.4 Å². The van der Waals surface area contributed by atoms with Crippen LogP contribution in [0.25, 0.3) is 0 Å². The molecule has 0 saturated heterocycles. The van der Waals surface area contributed by atoms with Crippen molar-refractivity contribution < 1.29 is 19.1 Å². The number of methoxy groups -OCH3 is 1. The maximum Gasteiger partial charge on any atom is 0.251 e. The molecule has 2 aromatic carbocycles. The van der Waals surface area contributed by atoms with Crippen LogP contribution < -0.4 is 20.7 Å². The summed E-state index contributed by atoms with van der Waals surface area (Å²) in [6.07, 6.45) is 2.12. The molecule has 0 aliphatic heterocycles. The summed E-state index contributed by atoms with van der Waals surface area (Å²) < 4.78 is 10.9. The van der Waals surface area contributed by atoms with Crippen molar-refractivity contribution in [1.82, 2.24) is 10.6 Å². The van der Waals surface area contributed by atoms with E-state index < -0.39 is 5.41 Å². The van der Waals surface area contributed by atoms with Crippen LogP contribution in [-0.2, 0) is 9.53 Å². The molecule has 0 fully saturated rings. The quantitative estimate of drug-likeness (QED) is 0.288. The largest absolute Gasteiger partial charge is 0.493 e. The van der Waals surface area contributed by atoms with Gasteiger partial charge in [0.1, 0.15) is 5.75 Å². The number of anilines is 1. The molecule has 0 saturated carbocycles. The van der Waals surface area contributed by atoms with Crippen molar-refractivity contribution in [3.8, 4) is 5.75 Å². The molecule has 190 valence electrons. The van der Waals surface area contributed by atoms with Gasteiger partial charge in [-0.1, -0.05) is 32.0 Å². The predicted octanol–water partition coefficient (Wildman–Crippen LogP) is 4.77. The lowest BCUT2D eigenvalue weighted by molar-refractivity contribution is -0.128. The Labute approximate surface area is 214 Å². The Hall–Kier alpha value is -2.97. The van der Waals surface area contributed by atoms with Gasteiger partial charge in [-0.15, -0.1) is 0 Å². The van der Waals surface area contributed by atoms with Crippen LogP contribution in [0.15, 0.2) is 42.5 Å². The maximum absolute atomic E-state index is 12.8. The summed E-state index contributed by atoms with van der Waals surface area (Å²) in [5.74, 6) is 0.529. The van der Waals surface area contributed by atoms with Crippen LogP contribution in [-0.4, -0.2) is 43.8 Å². The Morgan fingerprint density at radius 3 is 2.54 bits per heavy atom. The van der Waals surface area contributed by atoms with E-state index in [1.54, 1.807) is 31.4 Å². The van der Waals surface area contributed by atoms with Gasteiger partial charge in [0.15, 0.2) is 5.11 Å². The number of rotatable bonds is 12. The molecule has 0 unspecified atom stereocenters. The zero-order valence-electron chi connectivity index (χ0n) is 21.3. The van der Waals surface area contributed by atoms with Crippen LogP contribution in [0.2, 0.25) is 0 Å². The van der Waals surface area contributed by atoms with E-state index in [1.807, 2.05) is 39.8 Å². The van der Waals surface area contributed by atoms with Gasteiger partial charge in [0.25, 0.3) is 5.91 Å². The number of ether oxygens (including phenoxy) is 2. The number of carbonyl (C=O) groups excluding carboxylic acids is 2. The molecule has 0 heterocycles. The van der Waals surface area contributed by atoms with Crippen molar-refractivity contribution >= 4 is 34.8 Å². The molecule has 3 N–H and O–H groups in total. The summed E-state index contributed by atoms with van der Waals surface area (Å²) in [4.78, 5) is 25.1. The fourth-order valence-electron chi connectivity index (χ4n) is 3.37. The number of thiocarbonyl (C=S) groups is 1. The van der Waals surface area contributed by atoms with Crippen molar-refractivity contribution in [2.45, 2.75) is 47.0 Å². The number of aryl methyl sites for hydroxylation is 2. The standard InChI is InChI=1S/C27H37N3O4S/c1-19-11-12-20(2)23(17-19)34-16-7-13-27(3,4)25(32)30-26(35)29-22-10-6-9-21(18-22)24(31)28-14-8-15-33-5/h6,9-12,17-18H,7-8,13-16H2,1-5H3,(H,28,31)(H2,29,30,32,35). The van der Waals surface area contributed by atoms with Crippen LogP contribution in [0.3, 0.4) is 0 Å². The molecule has 0 spiro atoms. The monoisotopic (exact) mass is 499 g/mol. The minimum atomic E-state index is -0.624. The number of benzene rings is 2. The Bertz CT molecular complexity index is 1020. The highest BCUT2D eigenvalue weighted by Crippen LogP contribution is 2.24. The fraction of sp³-hybridized carbons (Fsp3) is 0.444. The topological polar surface area (TPSA) is 88.7 Å². The lowest BCUT2D eigenvalue weighted by Gasteiger charge is -2.24. The molecule has 0 aliphatic rings. The Morgan fingerprint density at radius 1 is 1.03 bits per heavy atom. The second-order valence-electron chi connectivity index (χ2n) is 9.20. The Kier molecular flexibility index (Phi) is 11.1. The minimum absolute atomic E-state index is 0.172. The first-order chi connectivity index (χ1) is 16.6. The van der Waals surface area contributed by atoms with Crippen LogP contribution in [0.4, 0.5) is 5.69 Å². The normalized spacial score (nSPS) is 11.0. The minimum Gasteiger partial charge on any atom is -0.493 e. The third-order valence-corrected chi connectivity index (χ3v) is 5.79. The Morgan fingerprint density at radius 2 is 1.80 bits per heavy atom. The Balaban J connectivity index is 1.81. The number of carbonyl (C=O) groups is 2. The van der Waals surface area contributed by atoms with E-state index in [1.165, 1.54) is 0 Å². The molecule has 0 aliphatic carbocycles. The van der Waals surface area contributed by atoms with Gasteiger partial charge in [0.05, 0.1) is 6.61 Å². The van der Waals surface area contributed by atoms with E-state index in [4.69, 9.17) is 21.7 Å². The summed E-state index contributed by atoms with van der Waals surface area (Å²) in [7, 11) is 1.63. The third kappa shape index (κ3) is 9.66. The summed E-state index contributed by atoms with van der Waals surface area (Å²) >= 11 is 5.33. The van der Waals surface area contributed by atoms with Gasteiger partial charge in [-0.3, -0.25) is 9.59 Å². The second-order valence-corrected chi connectivity index (χ2v) is 9.60. The average Bonchev–Trinajstić information content (AvgIpc) is 2.81. The first-order valence-electron chi connectivity index (χ1n) is 11.8. The van der Waals surface area contributed by atoms with E-state index in [2.05, 4.69) is 22.0 Å². The smallest absolute Gasteiger partial charge is 0.251 e.